The lowest BCUT2D eigenvalue weighted by atomic mass is 9.88. The smallest absolute Gasteiger partial charge is 0.410 e. The Balaban J connectivity index is 1.86. The van der Waals surface area contributed by atoms with Gasteiger partial charge in [-0.25, -0.2) is 4.79 Å². The van der Waals surface area contributed by atoms with Crippen LogP contribution in [-0.4, -0.2) is 103 Å². The van der Waals surface area contributed by atoms with Gasteiger partial charge in [-0.2, -0.15) is 0 Å². The van der Waals surface area contributed by atoms with Crippen LogP contribution in [0.4, 0.5) is 4.79 Å². The second kappa shape index (κ2) is 18.5. The molecular weight excluding hydrogens is 637 g/mol. The molecule has 0 aromatic heterocycles. The predicted octanol–water partition coefficient (Wildman–Crippen LogP) is 7.39. The fourth-order valence-corrected chi connectivity index (χ4v) is 8.15. The highest BCUT2D eigenvalue weighted by molar-refractivity contribution is 6.74. The molecule has 1 saturated carbocycles. The van der Waals surface area contributed by atoms with E-state index in [0.29, 0.717) is 25.6 Å². The van der Waals surface area contributed by atoms with Crippen molar-refractivity contribution < 1.29 is 33.7 Å². The molecule has 0 unspecified atom stereocenters. The molecule has 3 rings (SSSR count). The zero-order valence-electron chi connectivity index (χ0n) is 32.1. The minimum absolute atomic E-state index is 0.00549. The maximum absolute atomic E-state index is 13.6. The van der Waals surface area contributed by atoms with E-state index in [1.165, 1.54) is 38.5 Å². The Kier molecular flexibility index (Phi) is 15.6. The number of ether oxygens (including phenoxy) is 2. The van der Waals surface area contributed by atoms with Crippen LogP contribution in [0.25, 0.3) is 0 Å². The van der Waals surface area contributed by atoms with Gasteiger partial charge in [0, 0.05) is 44.7 Å². The number of esters is 1. The highest BCUT2D eigenvalue weighted by Gasteiger charge is 2.42. The maximum Gasteiger partial charge on any atom is 0.410 e. The maximum atomic E-state index is 13.6. The summed E-state index contributed by atoms with van der Waals surface area (Å²) in [6.07, 6.45) is 15.4. The minimum Gasteiger partial charge on any atom is -0.457 e. The Morgan fingerprint density at radius 1 is 1.10 bits per heavy atom. The molecule has 1 amide bonds. The van der Waals surface area contributed by atoms with Crippen molar-refractivity contribution in [2.75, 3.05) is 32.8 Å². The molecule has 0 spiro atoms. The average molecular weight is 705 g/mol. The molecule has 2 fully saturated rings. The van der Waals surface area contributed by atoms with E-state index >= 15 is 0 Å². The van der Waals surface area contributed by atoms with E-state index in [4.69, 9.17) is 13.9 Å². The molecular formula is C39H68N2O7Si. The first-order chi connectivity index (χ1) is 22.9. The van der Waals surface area contributed by atoms with E-state index in [0.717, 1.165) is 18.7 Å². The van der Waals surface area contributed by atoms with Crippen LogP contribution in [0.1, 0.15) is 106 Å². The zero-order valence-corrected chi connectivity index (χ0v) is 33.1. The third kappa shape index (κ3) is 12.6. The fraction of sp³-hybridized carbons (Fsp3) is 0.795. The quantitative estimate of drug-likeness (QED) is 0.0886. The molecule has 6 atom stereocenters. The summed E-state index contributed by atoms with van der Waals surface area (Å²) in [6, 6.07) is 0.603. The fourth-order valence-electron chi connectivity index (χ4n) is 6.76. The molecule has 10 heteroatoms. The van der Waals surface area contributed by atoms with Crippen LogP contribution in [0.2, 0.25) is 18.1 Å². The molecule has 0 aromatic rings. The molecule has 0 radical (unpaired) electrons. The molecule has 2 heterocycles. The van der Waals surface area contributed by atoms with Gasteiger partial charge in [-0.1, -0.05) is 84.6 Å². The summed E-state index contributed by atoms with van der Waals surface area (Å²) >= 11 is 0. The number of piperazine rings is 1. The van der Waals surface area contributed by atoms with Gasteiger partial charge in [0.1, 0.15) is 11.7 Å². The summed E-state index contributed by atoms with van der Waals surface area (Å²) in [5, 5.41) is 21.3. The van der Waals surface area contributed by atoms with Crippen LogP contribution < -0.4 is 0 Å². The van der Waals surface area contributed by atoms with Crippen LogP contribution in [0.3, 0.4) is 0 Å². The number of carbonyl (C=O) groups is 2. The predicted molar refractivity (Wildman–Crippen MR) is 199 cm³/mol. The van der Waals surface area contributed by atoms with Crippen LogP contribution in [0, 0.1) is 11.8 Å². The first-order valence-electron chi connectivity index (χ1n) is 18.9. The van der Waals surface area contributed by atoms with Crippen molar-refractivity contribution in [3.8, 4) is 0 Å². The second-order valence-electron chi connectivity index (χ2n) is 16.7. The van der Waals surface area contributed by atoms with E-state index < -0.39 is 38.3 Å². The molecule has 1 saturated heterocycles. The van der Waals surface area contributed by atoms with Gasteiger partial charge in [0.25, 0.3) is 0 Å². The number of rotatable bonds is 8. The monoisotopic (exact) mass is 704 g/mol. The Morgan fingerprint density at radius 3 is 2.33 bits per heavy atom. The van der Waals surface area contributed by atoms with Crippen LogP contribution in [0.15, 0.2) is 36.0 Å². The van der Waals surface area contributed by atoms with Crippen molar-refractivity contribution in [3.63, 3.8) is 0 Å². The molecule has 49 heavy (non-hydrogen) atoms. The highest BCUT2D eigenvalue weighted by Crippen LogP contribution is 2.39. The van der Waals surface area contributed by atoms with Crippen molar-refractivity contribution in [2.45, 2.75) is 154 Å². The number of aliphatic hydroxyl groups is 2. The van der Waals surface area contributed by atoms with Crippen molar-refractivity contribution in [1.29, 1.82) is 0 Å². The molecule has 9 nitrogen and oxygen atoms in total. The summed E-state index contributed by atoms with van der Waals surface area (Å²) in [4.78, 5) is 31.5. The Hall–Kier alpha value is -1.98. The number of carbonyl (C=O) groups excluding carboxylic acids is 2. The van der Waals surface area contributed by atoms with Gasteiger partial charge in [0.2, 0.25) is 0 Å². The summed E-state index contributed by atoms with van der Waals surface area (Å²) in [5.41, 5.74) is -0.548. The number of hydrogen-bond acceptors (Lipinski definition) is 8. The second-order valence-corrected chi connectivity index (χ2v) is 21.4. The van der Waals surface area contributed by atoms with Gasteiger partial charge < -0.3 is 29.0 Å². The van der Waals surface area contributed by atoms with Gasteiger partial charge in [-0.15, -0.1) is 0 Å². The van der Waals surface area contributed by atoms with Gasteiger partial charge in [-0.05, 0) is 75.2 Å². The number of allylic oxidation sites excluding steroid dienone is 2. The first-order valence-corrected chi connectivity index (χ1v) is 21.8. The van der Waals surface area contributed by atoms with E-state index in [1.807, 2.05) is 45.1 Å². The van der Waals surface area contributed by atoms with E-state index in [1.54, 1.807) is 17.9 Å². The van der Waals surface area contributed by atoms with Crippen molar-refractivity contribution in [1.82, 2.24) is 9.80 Å². The minimum atomic E-state index is -2.27. The summed E-state index contributed by atoms with van der Waals surface area (Å²) in [6.45, 7) is 21.3. The molecule has 2 aliphatic heterocycles. The van der Waals surface area contributed by atoms with Gasteiger partial charge in [-0.3, -0.25) is 9.69 Å². The number of amides is 1. The van der Waals surface area contributed by atoms with Crippen molar-refractivity contribution in [2.24, 2.45) is 11.8 Å². The number of hydrogen-bond donors (Lipinski definition) is 2. The molecule has 1 aliphatic carbocycles. The van der Waals surface area contributed by atoms with Crippen LogP contribution >= 0.6 is 0 Å². The first kappa shape index (κ1) is 41.4. The summed E-state index contributed by atoms with van der Waals surface area (Å²) < 4.78 is 19.1. The van der Waals surface area contributed by atoms with E-state index in [-0.39, 0.29) is 42.3 Å². The Bertz CT molecular complexity index is 1140. The van der Waals surface area contributed by atoms with E-state index in [2.05, 4.69) is 38.8 Å². The molecule has 280 valence electrons. The lowest BCUT2D eigenvalue weighted by Crippen LogP contribution is -2.53. The van der Waals surface area contributed by atoms with Crippen molar-refractivity contribution >= 4 is 20.4 Å². The van der Waals surface area contributed by atoms with Gasteiger partial charge >= 0.3 is 12.1 Å². The standard InChI is InChI=1S/C39H68N2O7Si/c1-29(28-42)15-14-16-30(2)36-31(3)19-20-34(46-37(44)41-25-23-40(24-26-41)32-17-12-10-11-13-18-32)39(7,45)22-21-33(27-35(43)47-36)48-49(8,9)38(4,5)6/h14-16,19-20,29,31-34,36,42,45H,10-13,17-18,21-28H2,1-9H3/b15-14+,20-19+,30-16+/t29-,31+,33-,34+,36-,39-/m1/s1. The average Bonchev–Trinajstić information content (AvgIpc) is 3.33. The zero-order chi connectivity index (χ0) is 36.4. The summed E-state index contributed by atoms with van der Waals surface area (Å²) in [5.74, 6) is -0.616. The van der Waals surface area contributed by atoms with Gasteiger partial charge in [0.05, 0.1) is 12.5 Å². The van der Waals surface area contributed by atoms with E-state index in [9.17, 15) is 19.8 Å². The highest BCUT2D eigenvalue weighted by atomic mass is 28.4. The Morgan fingerprint density at radius 2 is 1.73 bits per heavy atom. The largest absolute Gasteiger partial charge is 0.457 e. The molecule has 2 N–H and O–H groups in total. The molecule has 0 bridgehead atoms. The third-order valence-corrected chi connectivity index (χ3v) is 15.8. The lowest BCUT2D eigenvalue weighted by molar-refractivity contribution is -0.151. The van der Waals surface area contributed by atoms with Gasteiger partial charge in [0.15, 0.2) is 14.4 Å². The van der Waals surface area contributed by atoms with Crippen LogP contribution in [-0.2, 0) is 18.7 Å². The number of aliphatic hydroxyl groups excluding tert-OH is 1. The summed E-state index contributed by atoms with van der Waals surface area (Å²) in [7, 11) is -2.27. The lowest BCUT2D eigenvalue weighted by Gasteiger charge is -2.41. The SMILES string of the molecule is C/C(=C\C=C\[C@@H](C)CO)[C@H]1OC(=O)C[C@H](O[Si](C)(C)C(C)(C)C)CC[C@@](C)(O)[C@@H](OC(=O)N2CCN(C3CCCCCC3)CC2)/C=C/[C@@H]1C. The number of cyclic esters (lactones) is 1. The van der Waals surface area contributed by atoms with Crippen LogP contribution in [0.5, 0.6) is 0 Å². The third-order valence-electron chi connectivity index (χ3n) is 11.2. The molecule has 0 aromatic carbocycles. The number of nitrogens with zero attached hydrogens (tertiary/aromatic N) is 2. The normalized spacial score (nSPS) is 31.0. The molecule has 3 aliphatic rings. The van der Waals surface area contributed by atoms with Crippen molar-refractivity contribution in [3.05, 3.63) is 36.0 Å². The Labute approximate surface area is 298 Å². The topological polar surface area (TPSA) is 109 Å².